The second kappa shape index (κ2) is 2.88. The maximum Gasteiger partial charge on any atom is 0.204 e. The van der Waals surface area contributed by atoms with Crippen molar-refractivity contribution in [3.8, 4) is 0 Å². The molecule has 0 spiro atoms. The summed E-state index contributed by atoms with van der Waals surface area (Å²) in [5.41, 5.74) is 0. The number of allylic oxidation sites excluding steroid dienone is 2. The number of hydrogen-bond donors (Lipinski definition) is 0. The van der Waals surface area contributed by atoms with E-state index in [1.165, 1.54) is 12.8 Å². The molecule has 3 nitrogen and oxygen atoms in total. The third-order valence-corrected chi connectivity index (χ3v) is 3.10. The van der Waals surface area contributed by atoms with E-state index in [4.69, 9.17) is 0 Å². The molecule has 12 heavy (non-hydrogen) atoms. The van der Waals surface area contributed by atoms with Crippen molar-refractivity contribution in [1.29, 1.82) is 0 Å². The van der Waals surface area contributed by atoms with E-state index in [1.807, 2.05) is 0 Å². The van der Waals surface area contributed by atoms with Gasteiger partial charge in [0.25, 0.3) is 0 Å². The predicted molar refractivity (Wildman–Crippen MR) is 45.3 cm³/mol. The molecule has 0 aromatic heterocycles. The van der Waals surface area contributed by atoms with Crippen LogP contribution in [-0.2, 0) is 0 Å². The average molecular weight is 167 g/mol. The van der Waals surface area contributed by atoms with Gasteiger partial charge in [-0.3, -0.25) is 10.1 Å². The molecular formula is C9H13NO2. The van der Waals surface area contributed by atoms with Crippen molar-refractivity contribution >= 4 is 0 Å². The summed E-state index contributed by atoms with van der Waals surface area (Å²) in [5.74, 6) is 2.01. The molecule has 3 heteroatoms. The first-order valence-electron chi connectivity index (χ1n) is 4.56. The first kappa shape index (κ1) is 7.77. The number of hydrogen-bond acceptors (Lipinski definition) is 2. The van der Waals surface area contributed by atoms with Gasteiger partial charge in [0.05, 0.1) is 0 Å². The summed E-state index contributed by atoms with van der Waals surface area (Å²) in [6.45, 7) is 0.154. The molecular weight excluding hydrogens is 154 g/mol. The summed E-state index contributed by atoms with van der Waals surface area (Å²) in [6.07, 6.45) is 7.74. The Bertz CT molecular complexity index is 225. The molecule has 3 atom stereocenters. The molecule has 1 fully saturated rings. The lowest BCUT2D eigenvalue weighted by molar-refractivity contribution is -0.481. The van der Waals surface area contributed by atoms with Gasteiger partial charge in [0, 0.05) is 11.3 Å². The quantitative estimate of drug-likeness (QED) is 0.366. The van der Waals surface area contributed by atoms with Crippen molar-refractivity contribution in [2.24, 2.45) is 17.8 Å². The molecule has 0 aromatic rings. The number of nitrogens with zero attached hydrogens (tertiary/aromatic N) is 1. The van der Waals surface area contributed by atoms with Gasteiger partial charge in [0.2, 0.25) is 6.54 Å². The van der Waals surface area contributed by atoms with Crippen molar-refractivity contribution in [2.75, 3.05) is 6.54 Å². The van der Waals surface area contributed by atoms with E-state index in [-0.39, 0.29) is 11.5 Å². The molecule has 0 saturated heterocycles. The SMILES string of the molecule is O=[N+]([O-])CC[C@@H]1C[C@@H]2C=C[C@H]1C2. The number of fused-ring (bicyclic) bond motifs is 2. The monoisotopic (exact) mass is 167 g/mol. The van der Waals surface area contributed by atoms with E-state index < -0.39 is 0 Å². The molecule has 0 N–H and O–H groups in total. The van der Waals surface area contributed by atoms with Crippen LogP contribution in [0.25, 0.3) is 0 Å². The molecule has 1 saturated carbocycles. The lowest BCUT2D eigenvalue weighted by atomic mass is 9.91. The summed E-state index contributed by atoms with van der Waals surface area (Å²) >= 11 is 0. The normalized spacial score (nSPS) is 37.5. The zero-order valence-electron chi connectivity index (χ0n) is 6.98. The Morgan fingerprint density at radius 3 is 2.75 bits per heavy atom. The molecule has 2 rings (SSSR count). The lowest BCUT2D eigenvalue weighted by Crippen LogP contribution is -2.12. The minimum Gasteiger partial charge on any atom is -0.265 e. The predicted octanol–water partition coefficient (Wildman–Crippen LogP) is 1.87. The number of nitro groups is 1. The zero-order valence-corrected chi connectivity index (χ0v) is 6.98. The summed E-state index contributed by atoms with van der Waals surface area (Å²) < 4.78 is 0. The van der Waals surface area contributed by atoms with Gasteiger partial charge in [-0.15, -0.1) is 0 Å². The Kier molecular flexibility index (Phi) is 1.87. The van der Waals surface area contributed by atoms with E-state index in [9.17, 15) is 10.1 Å². The standard InChI is InChI=1S/C9H13NO2/c11-10(12)4-3-9-6-7-1-2-8(9)5-7/h1-2,7-9H,3-6H2/t7-,8+,9-/m1/s1. The largest absolute Gasteiger partial charge is 0.265 e. The van der Waals surface area contributed by atoms with Gasteiger partial charge in [-0.2, -0.15) is 0 Å². The van der Waals surface area contributed by atoms with Crippen LogP contribution >= 0.6 is 0 Å². The Labute approximate surface area is 71.6 Å². The second-order valence-corrected chi connectivity index (χ2v) is 3.89. The molecule has 2 aliphatic rings. The molecule has 66 valence electrons. The fourth-order valence-corrected chi connectivity index (χ4v) is 2.50. The van der Waals surface area contributed by atoms with Gasteiger partial charge in [-0.1, -0.05) is 12.2 Å². The maximum absolute atomic E-state index is 10.1. The van der Waals surface area contributed by atoms with E-state index in [0.29, 0.717) is 11.8 Å². The van der Waals surface area contributed by atoms with Crippen molar-refractivity contribution in [3.05, 3.63) is 22.3 Å². The van der Waals surface area contributed by atoms with Gasteiger partial charge < -0.3 is 0 Å². The minimum absolute atomic E-state index is 0.154. The molecule has 0 heterocycles. The summed E-state index contributed by atoms with van der Waals surface area (Å²) in [5, 5.41) is 10.1. The van der Waals surface area contributed by atoms with Crippen LogP contribution in [0.15, 0.2) is 12.2 Å². The Morgan fingerprint density at radius 2 is 2.25 bits per heavy atom. The van der Waals surface area contributed by atoms with Gasteiger partial charge in [-0.25, -0.2) is 0 Å². The fraction of sp³-hybridized carbons (Fsp3) is 0.778. The van der Waals surface area contributed by atoms with E-state index in [2.05, 4.69) is 12.2 Å². The van der Waals surface area contributed by atoms with Crippen LogP contribution in [0.2, 0.25) is 0 Å². The summed E-state index contributed by atoms with van der Waals surface area (Å²) in [4.78, 5) is 9.95. The molecule has 2 aliphatic carbocycles. The van der Waals surface area contributed by atoms with Crippen molar-refractivity contribution in [3.63, 3.8) is 0 Å². The van der Waals surface area contributed by atoms with E-state index in [1.54, 1.807) is 0 Å². The van der Waals surface area contributed by atoms with Gasteiger partial charge in [-0.05, 0) is 30.6 Å². The van der Waals surface area contributed by atoms with Gasteiger partial charge in [0.15, 0.2) is 0 Å². The van der Waals surface area contributed by atoms with Gasteiger partial charge in [0.1, 0.15) is 0 Å². The fourth-order valence-electron chi connectivity index (χ4n) is 2.50. The summed E-state index contributed by atoms with van der Waals surface area (Å²) in [6, 6.07) is 0. The first-order chi connectivity index (χ1) is 5.75. The first-order valence-corrected chi connectivity index (χ1v) is 4.56. The molecule has 0 aromatic carbocycles. The lowest BCUT2D eigenvalue weighted by Gasteiger charge is -2.14. The Morgan fingerprint density at radius 1 is 1.42 bits per heavy atom. The van der Waals surface area contributed by atoms with Crippen LogP contribution in [0.5, 0.6) is 0 Å². The molecule has 0 aliphatic heterocycles. The van der Waals surface area contributed by atoms with Gasteiger partial charge >= 0.3 is 0 Å². The molecule has 0 unspecified atom stereocenters. The van der Waals surface area contributed by atoms with Crippen molar-refractivity contribution in [1.82, 2.24) is 0 Å². The molecule has 2 bridgehead atoms. The van der Waals surface area contributed by atoms with Crippen LogP contribution in [0.1, 0.15) is 19.3 Å². The maximum atomic E-state index is 10.1. The zero-order chi connectivity index (χ0) is 8.55. The molecule has 0 radical (unpaired) electrons. The highest BCUT2D eigenvalue weighted by Gasteiger charge is 2.35. The minimum atomic E-state index is -0.199. The highest BCUT2D eigenvalue weighted by Crippen LogP contribution is 2.44. The van der Waals surface area contributed by atoms with Crippen LogP contribution in [0.3, 0.4) is 0 Å². The van der Waals surface area contributed by atoms with Crippen molar-refractivity contribution in [2.45, 2.75) is 19.3 Å². The highest BCUT2D eigenvalue weighted by atomic mass is 16.6. The Balaban J connectivity index is 1.83. The van der Waals surface area contributed by atoms with E-state index >= 15 is 0 Å². The summed E-state index contributed by atoms with van der Waals surface area (Å²) in [7, 11) is 0. The van der Waals surface area contributed by atoms with Crippen LogP contribution in [0.4, 0.5) is 0 Å². The van der Waals surface area contributed by atoms with Crippen LogP contribution in [0, 0.1) is 27.9 Å². The third-order valence-electron chi connectivity index (χ3n) is 3.10. The average Bonchev–Trinajstić information content (AvgIpc) is 2.60. The third kappa shape index (κ3) is 1.36. The second-order valence-electron chi connectivity index (χ2n) is 3.89. The highest BCUT2D eigenvalue weighted by molar-refractivity contribution is 5.09. The topological polar surface area (TPSA) is 43.1 Å². The molecule has 0 amide bonds. The van der Waals surface area contributed by atoms with Crippen LogP contribution in [-0.4, -0.2) is 11.5 Å². The Hall–Kier alpha value is -0.860. The smallest absolute Gasteiger partial charge is 0.204 e. The number of rotatable bonds is 3. The van der Waals surface area contributed by atoms with Crippen molar-refractivity contribution < 1.29 is 4.92 Å². The van der Waals surface area contributed by atoms with E-state index in [0.717, 1.165) is 12.3 Å². The van der Waals surface area contributed by atoms with Crippen LogP contribution < -0.4 is 0 Å².